The fraction of sp³-hybridized carbons (Fsp3) is 0.176. The summed E-state index contributed by atoms with van der Waals surface area (Å²) in [5.74, 6) is -0.587. The molecule has 0 heterocycles. The van der Waals surface area contributed by atoms with E-state index in [1.54, 1.807) is 6.07 Å². The molecule has 2 rings (SSSR count). The summed E-state index contributed by atoms with van der Waals surface area (Å²) in [6, 6.07) is 9.77. The van der Waals surface area contributed by atoms with Gasteiger partial charge in [0.25, 0.3) is 5.91 Å². The van der Waals surface area contributed by atoms with E-state index >= 15 is 0 Å². The zero-order valence-electron chi connectivity index (χ0n) is 14.6. The van der Waals surface area contributed by atoms with Crippen LogP contribution < -0.4 is 19.9 Å². The van der Waals surface area contributed by atoms with Gasteiger partial charge in [-0.25, -0.2) is 18.4 Å². The number of sulfonamides is 1. The summed E-state index contributed by atoms with van der Waals surface area (Å²) in [6.45, 7) is -0.537. The summed E-state index contributed by atoms with van der Waals surface area (Å²) in [7, 11) is -0.944. The van der Waals surface area contributed by atoms with E-state index in [1.165, 1.54) is 50.6 Å². The van der Waals surface area contributed by atoms with Gasteiger partial charge in [0.1, 0.15) is 17.1 Å². The van der Waals surface area contributed by atoms with E-state index in [-0.39, 0.29) is 16.2 Å². The molecule has 10 heteroatoms. The molecule has 0 radical (unpaired) electrons. The number of nitrogens with two attached hydrogens (primary N) is 1. The maximum atomic E-state index is 12.1. The average Bonchev–Trinajstić information content (AvgIpc) is 2.65. The number of rotatable bonds is 7. The van der Waals surface area contributed by atoms with Gasteiger partial charge in [-0.3, -0.25) is 4.79 Å². The molecule has 0 bridgehead atoms. The molecule has 0 aromatic heterocycles. The van der Waals surface area contributed by atoms with Crippen LogP contribution in [-0.4, -0.2) is 41.1 Å². The molecule has 0 fully saturated rings. The number of hydrogen-bond donors (Lipinski definition) is 2. The van der Waals surface area contributed by atoms with Crippen LogP contribution in [0.2, 0.25) is 0 Å². The largest absolute Gasteiger partial charge is 0.497 e. The second-order valence-corrected chi connectivity index (χ2v) is 6.82. The third-order valence-electron chi connectivity index (χ3n) is 3.43. The normalized spacial score (nSPS) is 10.8. The van der Waals surface area contributed by atoms with Crippen LogP contribution in [0.5, 0.6) is 11.5 Å². The number of ether oxygens (including phenoxy) is 3. The number of hydrogen-bond acceptors (Lipinski definition) is 7. The number of carbonyl (C=O) groups is 2. The standard InChI is InChI=1S/C17H18N2O7S/c1-24-12-5-8-14(15(9-12)25-2)17(21)26-10-16(20)19-11-3-6-13(7-4-11)27(18,22)23/h3-9H,10H2,1-2H3,(H,19,20)(H2,18,22,23). The highest BCUT2D eigenvalue weighted by Crippen LogP contribution is 2.25. The molecule has 9 nitrogen and oxygen atoms in total. The molecule has 2 aromatic carbocycles. The predicted molar refractivity (Wildman–Crippen MR) is 96.3 cm³/mol. The number of anilines is 1. The maximum absolute atomic E-state index is 12.1. The number of methoxy groups -OCH3 is 2. The van der Waals surface area contributed by atoms with Gasteiger partial charge in [-0.15, -0.1) is 0 Å². The first-order valence-corrected chi connectivity index (χ1v) is 9.11. The first-order chi connectivity index (χ1) is 12.7. The van der Waals surface area contributed by atoms with E-state index in [1.807, 2.05) is 0 Å². The zero-order chi connectivity index (χ0) is 20.0. The zero-order valence-corrected chi connectivity index (χ0v) is 15.4. The van der Waals surface area contributed by atoms with Crippen molar-refractivity contribution in [3.05, 3.63) is 48.0 Å². The van der Waals surface area contributed by atoms with Crippen molar-refractivity contribution >= 4 is 27.6 Å². The van der Waals surface area contributed by atoms with E-state index in [0.717, 1.165) is 0 Å². The SMILES string of the molecule is COc1ccc(C(=O)OCC(=O)Nc2ccc(S(N)(=O)=O)cc2)c(OC)c1. The summed E-state index contributed by atoms with van der Waals surface area (Å²) in [5.41, 5.74) is 0.467. The molecule has 0 atom stereocenters. The highest BCUT2D eigenvalue weighted by molar-refractivity contribution is 7.89. The fourth-order valence-electron chi connectivity index (χ4n) is 2.10. The van der Waals surface area contributed by atoms with Crippen LogP contribution in [0.15, 0.2) is 47.4 Å². The molecule has 0 aliphatic rings. The topological polar surface area (TPSA) is 134 Å². The number of carbonyl (C=O) groups excluding carboxylic acids is 2. The van der Waals surface area contributed by atoms with Crippen LogP contribution in [0.25, 0.3) is 0 Å². The lowest BCUT2D eigenvalue weighted by molar-refractivity contribution is -0.119. The molecule has 0 aliphatic carbocycles. The Morgan fingerprint density at radius 2 is 1.70 bits per heavy atom. The quantitative estimate of drug-likeness (QED) is 0.673. The minimum atomic E-state index is -3.81. The van der Waals surface area contributed by atoms with Crippen molar-refractivity contribution in [3.63, 3.8) is 0 Å². The van der Waals surface area contributed by atoms with Crippen LogP contribution in [0.4, 0.5) is 5.69 Å². The molecule has 0 unspecified atom stereocenters. The molecular formula is C17H18N2O7S. The molecule has 144 valence electrons. The van der Waals surface area contributed by atoms with E-state index < -0.39 is 28.5 Å². The Kier molecular flexibility index (Phi) is 6.37. The molecular weight excluding hydrogens is 376 g/mol. The van der Waals surface area contributed by atoms with Crippen molar-refractivity contribution < 1.29 is 32.2 Å². The molecule has 0 spiro atoms. The summed E-state index contributed by atoms with van der Waals surface area (Å²) < 4.78 is 37.5. The van der Waals surface area contributed by atoms with Crippen LogP contribution in [0.1, 0.15) is 10.4 Å². The monoisotopic (exact) mass is 394 g/mol. The summed E-state index contributed by atoms with van der Waals surface area (Å²) in [6.07, 6.45) is 0. The van der Waals surface area contributed by atoms with Crippen molar-refractivity contribution in [1.82, 2.24) is 0 Å². The highest BCUT2D eigenvalue weighted by atomic mass is 32.2. The summed E-state index contributed by atoms with van der Waals surface area (Å²) >= 11 is 0. The number of nitrogens with one attached hydrogen (secondary N) is 1. The van der Waals surface area contributed by atoms with Gasteiger partial charge in [-0.1, -0.05) is 0 Å². The summed E-state index contributed by atoms with van der Waals surface area (Å²) in [4.78, 5) is 24.0. The molecule has 0 saturated carbocycles. The average molecular weight is 394 g/mol. The van der Waals surface area contributed by atoms with Crippen molar-refractivity contribution in [2.75, 3.05) is 26.1 Å². The van der Waals surface area contributed by atoms with Gasteiger partial charge in [0, 0.05) is 11.8 Å². The molecule has 0 aliphatic heterocycles. The van der Waals surface area contributed by atoms with Gasteiger partial charge in [0.2, 0.25) is 10.0 Å². The lowest BCUT2D eigenvalue weighted by Crippen LogP contribution is -2.21. The second kappa shape index (κ2) is 8.52. The van der Waals surface area contributed by atoms with Gasteiger partial charge in [-0.05, 0) is 36.4 Å². The molecule has 2 aromatic rings. The third-order valence-corrected chi connectivity index (χ3v) is 4.36. The van der Waals surface area contributed by atoms with E-state index in [2.05, 4.69) is 5.32 Å². The van der Waals surface area contributed by atoms with E-state index in [4.69, 9.17) is 19.3 Å². The van der Waals surface area contributed by atoms with Crippen LogP contribution in [0.3, 0.4) is 0 Å². The number of primary sulfonamides is 1. The number of benzene rings is 2. The van der Waals surface area contributed by atoms with Gasteiger partial charge >= 0.3 is 5.97 Å². The Labute approximate surface area is 156 Å². The fourth-order valence-corrected chi connectivity index (χ4v) is 2.62. The Bertz CT molecular complexity index is 940. The Morgan fingerprint density at radius 1 is 1.04 bits per heavy atom. The van der Waals surface area contributed by atoms with Gasteiger partial charge in [0.15, 0.2) is 6.61 Å². The lowest BCUT2D eigenvalue weighted by Gasteiger charge is -2.10. The van der Waals surface area contributed by atoms with Crippen molar-refractivity contribution in [3.8, 4) is 11.5 Å². The smallest absolute Gasteiger partial charge is 0.342 e. The van der Waals surface area contributed by atoms with Crippen LogP contribution >= 0.6 is 0 Å². The van der Waals surface area contributed by atoms with Gasteiger partial charge in [-0.2, -0.15) is 0 Å². The Morgan fingerprint density at radius 3 is 2.26 bits per heavy atom. The number of amides is 1. The van der Waals surface area contributed by atoms with Crippen molar-refractivity contribution in [1.29, 1.82) is 0 Å². The molecule has 0 saturated heterocycles. The Hall–Kier alpha value is -3.11. The summed E-state index contributed by atoms with van der Waals surface area (Å²) in [5, 5.41) is 7.47. The number of esters is 1. The van der Waals surface area contributed by atoms with E-state index in [9.17, 15) is 18.0 Å². The van der Waals surface area contributed by atoms with Crippen molar-refractivity contribution in [2.24, 2.45) is 5.14 Å². The molecule has 3 N–H and O–H groups in total. The van der Waals surface area contributed by atoms with Crippen LogP contribution in [0, 0.1) is 0 Å². The first-order valence-electron chi connectivity index (χ1n) is 7.56. The second-order valence-electron chi connectivity index (χ2n) is 5.26. The van der Waals surface area contributed by atoms with Crippen LogP contribution in [-0.2, 0) is 19.6 Å². The third kappa shape index (κ3) is 5.43. The maximum Gasteiger partial charge on any atom is 0.342 e. The predicted octanol–water partition coefficient (Wildman–Crippen LogP) is 1.15. The lowest BCUT2D eigenvalue weighted by atomic mass is 10.2. The first kappa shape index (κ1) is 20.2. The molecule has 1 amide bonds. The Balaban J connectivity index is 1.96. The van der Waals surface area contributed by atoms with Gasteiger partial charge in [0.05, 0.1) is 19.1 Å². The minimum absolute atomic E-state index is 0.0847. The van der Waals surface area contributed by atoms with Gasteiger partial charge < -0.3 is 19.5 Å². The molecule has 27 heavy (non-hydrogen) atoms. The highest BCUT2D eigenvalue weighted by Gasteiger charge is 2.16. The van der Waals surface area contributed by atoms with Crippen molar-refractivity contribution in [2.45, 2.75) is 4.90 Å². The van der Waals surface area contributed by atoms with E-state index in [0.29, 0.717) is 11.4 Å². The minimum Gasteiger partial charge on any atom is -0.497 e.